The fourth-order valence-electron chi connectivity index (χ4n) is 6.29. The maximum absolute atomic E-state index is 12.3. The molecule has 3 atom stereocenters. The Morgan fingerprint density at radius 1 is 0.723 bits per heavy atom. The maximum atomic E-state index is 12.3. The van der Waals surface area contributed by atoms with Gasteiger partial charge in [-0.3, -0.25) is 19.4 Å². The van der Waals surface area contributed by atoms with Gasteiger partial charge in [-0.1, -0.05) is 91.7 Å². The number of benzene rings is 3. The molecule has 0 radical (unpaired) electrons. The second-order valence-corrected chi connectivity index (χ2v) is 12.7. The van der Waals surface area contributed by atoms with Crippen LogP contribution in [-0.2, 0) is 38.8 Å². The minimum Gasteiger partial charge on any atom is -0.481 e. The first-order valence-electron chi connectivity index (χ1n) is 17.0. The summed E-state index contributed by atoms with van der Waals surface area (Å²) in [6, 6.07) is 26.7. The van der Waals surface area contributed by atoms with Crippen LogP contribution in [0.4, 0.5) is 0 Å². The van der Waals surface area contributed by atoms with Crippen LogP contribution < -0.4 is 5.32 Å². The lowest BCUT2D eigenvalue weighted by Crippen LogP contribution is -2.49. The number of aliphatic carboxylic acids is 1. The van der Waals surface area contributed by atoms with E-state index >= 15 is 0 Å². The summed E-state index contributed by atoms with van der Waals surface area (Å²) < 4.78 is 13.1. The van der Waals surface area contributed by atoms with Crippen molar-refractivity contribution in [1.29, 1.82) is 0 Å². The van der Waals surface area contributed by atoms with E-state index in [1.165, 1.54) is 5.56 Å². The van der Waals surface area contributed by atoms with Gasteiger partial charge in [0.15, 0.2) is 6.29 Å². The molecule has 0 aromatic heterocycles. The molecule has 2 fully saturated rings. The number of rotatable bonds is 16. The largest absolute Gasteiger partial charge is 0.481 e. The van der Waals surface area contributed by atoms with Gasteiger partial charge in [0.1, 0.15) is 0 Å². The summed E-state index contributed by atoms with van der Waals surface area (Å²) >= 11 is 0. The number of nitrogens with one attached hydrogen (secondary N) is 1. The highest BCUT2D eigenvalue weighted by molar-refractivity contribution is 5.75. The molecular weight excluding hydrogens is 594 g/mol. The molecule has 47 heavy (non-hydrogen) atoms. The molecule has 9 nitrogen and oxygen atoms in total. The van der Waals surface area contributed by atoms with Crippen molar-refractivity contribution in [2.45, 2.75) is 83.1 Å². The molecule has 0 aliphatic carbocycles. The molecule has 0 saturated carbocycles. The molecule has 2 saturated heterocycles. The number of amides is 1. The Balaban J connectivity index is 1.14. The summed E-state index contributed by atoms with van der Waals surface area (Å²) in [7, 11) is 0. The van der Waals surface area contributed by atoms with Gasteiger partial charge < -0.3 is 25.0 Å². The van der Waals surface area contributed by atoms with Crippen LogP contribution in [0.1, 0.15) is 85.2 Å². The van der Waals surface area contributed by atoms with Gasteiger partial charge in [0, 0.05) is 70.6 Å². The fraction of sp³-hybridized carbons (Fsp3) is 0.474. The van der Waals surface area contributed by atoms with Crippen LogP contribution in [-0.4, -0.2) is 70.7 Å². The summed E-state index contributed by atoms with van der Waals surface area (Å²) in [6.45, 7) is 6.33. The minimum atomic E-state index is -0.771. The molecule has 2 heterocycles. The number of piperazine rings is 1. The van der Waals surface area contributed by atoms with E-state index < -0.39 is 12.3 Å². The van der Waals surface area contributed by atoms with Gasteiger partial charge in [-0.25, -0.2) is 0 Å². The van der Waals surface area contributed by atoms with E-state index in [2.05, 4.69) is 45.4 Å². The normalized spacial score (nSPS) is 20.6. The average Bonchev–Trinajstić information content (AvgIpc) is 3.10. The zero-order valence-corrected chi connectivity index (χ0v) is 27.3. The second-order valence-electron chi connectivity index (χ2n) is 12.7. The molecule has 252 valence electrons. The van der Waals surface area contributed by atoms with E-state index in [4.69, 9.17) is 14.6 Å². The van der Waals surface area contributed by atoms with Gasteiger partial charge in [0.25, 0.3) is 0 Å². The molecule has 5 rings (SSSR count). The number of carbonyl (C=O) groups is 2. The van der Waals surface area contributed by atoms with Gasteiger partial charge in [-0.05, 0) is 35.1 Å². The van der Waals surface area contributed by atoms with E-state index in [1.807, 2.05) is 48.5 Å². The van der Waals surface area contributed by atoms with E-state index in [9.17, 15) is 14.7 Å². The minimum absolute atomic E-state index is 0.0000314. The third kappa shape index (κ3) is 11.3. The second kappa shape index (κ2) is 18.1. The van der Waals surface area contributed by atoms with Crippen LogP contribution in [0.5, 0.6) is 0 Å². The smallest absolute Gasteiger partial charge is 0.303 e. The number of aliphatic hydroxyl groups excluding tert-OH is 1. The zero-order valence-electron chi connectivity index (χ0n) is 27.3. The van der Waals surface area contributed by atoms with Crippen LogP contribution in [0.3, 0.4) is 0 Å². The van der Waals surface area contributed by atoms with Crippen molar-refractivity contribution in [1.82, 2.24) is 15.1 Å². The Bertz CT molecular complexity index is 1380. The number of hydrogen-bond donors (Lipinski definition) is 3. The number of ether oxygens (including phenoxy) is 2. The van der Waals surface area contributed by atoms with Crippen LogP contribution >= 0.6 is 0 Å². The first-order valence-corrected chi connectivity index (χ1v) is 17.0. The zero-order chi connectivity index (χ0) is 32.8. The lowest BCUT2D eigenvalue weighted by molar-refractivity contribution is -0.253. The van der Waals surface area contributed by atoms with Gasteiger partial charge in [0.05, 0.1) is 18.8 Å². The number of nitrogens with zero attached hydrogens (tertiary/aromatic N) is 2. The first-order chi connectivity index (χ1) is 22.9. The molecule has 1 amide bonds. The summed E-state index contributed by atoms with van der Waals surface area (Å²) in [5.74, 6) is -0.766. The van der Waals surface area contributed by atoms with Crippen molar-refractivity contribution in [3.05, 3.63) is 107 Å². The molecule has 3 unspecified atom stereocenters. The van der Waals surface area contributed by atoms with E-state index in [0.29, 0.717) is 19.4 Å². The number of carboxylic acids is 1. The average molecular weight is 644 g/mol. The van der Waals surface area contributed by atoms with Crippen LogP contribution in [0.15, 0.2) is 78.9 Å². The Kier molecular flexibility index (Phi) is 13.4. The third-order valence-corrected chi connectivity index (χ3v) is 9.08. The molecule has 9 heteroatoms. The predicted octanol–water partition coefficient (Wildman–Crippen LogP) is 5.58. The van der Waals surface area contributed by atoms with E-state index in [1.54, 1.807) is 0 Å². The standard InChI is InChI=1S/C38H49N3O6/c42-28-31-14-16-32(17-15-31)35-24-34(27-41-22-20-40(21-23-41)26-30-8-4-3-5-9-30)46-38(47-35)33-18-12-29(13-19-33)25-39-36(43)10-6-1-2-7-11-37(44)45/h3-5,8-9,12-19,34-35,38,42H,1-2,6-7,10-11,20-28H2,(H,39,43)(H,44,45). The summed E-state index contributed by atoms with van der Waals surface area (Å²) in [5.41, 5.74) is 5.24. The molecule has 0 spiro atoms. The monoisotopic (exact) mass is 643 g/mol. The van der Waals surface area contributed by atoms with Crippen molar-refractivity contribution in [2.24, 2.45) is 0 Å². The summed E-state index contributed by atoms with van der Waals surface area (Å²) in [5, 5.41) is 21.2. The first kappa shape index (κ1) is 34.7. The SMILES string of the molecule is O=C(O)CCCCCCC(=O)NCc1ccc(C2OC(CN3CCN(Cc4ccccc4)CC3)CC(c3ccc(CO)cc3)O2)cc1. The highest BCUT2D eigenvalue weighted by Crippen LogP contribution is 2.38. The van der Waals surface area contributed by atoms with Crippen molar-refractivity contribution in [2.75, 3.05) is 32.7 Å². The van der Waals surface area contributed by atoms with Gasteiger partial charge >= 0.3 is 5.97 Å². The van der Waals surface area contributed by atoms with Gasteiger partial charge in [-0.2, -0.15) is 0 Å². The summed E-state index contributed by atoms with van der Waals surface area (Å²) in [4.78, 5) is 28.0. The lowest BCUT2D eigenvalue weighted by atomic mass is 9.99. The van der Waals surface area contributed by atoms with Crippen LogP contribution in [0, 0.1) is 0 Å². The maximum Gasteiger partial charge on any atom is 0.303 e. The van der Waals surface area contributed by atoms with Gasteiger partial charge in [-0.15, -0.1) is 0 Å². The molecule has 0 bridgehead atoms. The highest BCUT2D eigenvalue weighted by Gasteiger charge is 2.33. The molecule has 2 aliphatic heterocycles. The highest BCUT2D eigenvalue weighted by atomic mass is 16.7. The van der Waals surface area contributed by atoms with Crippen molar-refractivity contribution >= 4 is 11.9 Å². The summed E-state index contributed by atoms with van der Waals surface area (Å²) in [6.07, 6.45) is 3.83. The number of unbranched alkanes of at least 4 members (excludes halogenated alkanes) is 3. The number of carboxylic acid groups (broad SMARTS) is 1. The molecule has 3 aromatic carbocycles. The lowest BCUT2D eigenvalue weighted by Gasteiger charge is -2.40. The number of carbonyl (C=O) groups excluding carboxylic acids is 1. The van der Waals surface area contributed by atoms with E-state index in [-0.39, 0.29) is 31.1 Å². The van der Waals surface area contributed by atoms with Crippen molar-refractivity contribution in [3.8, 4) is 0 Å². The molecular formula is C38H49N3O6. The van der Waals surface area contributed by atoms with E-state index in [0.717, 1.165) is 87.2 Å². The quantitative estimate of drug-likeness (QED) is 0.174. The van der Waals surface area contributed by atoms with Gasteiger partial charge in [0.2, 0.25) is 5.91 Å². The third-order valence-electron chi connectivity index (χ3n) is 9.08. The fourth-order valence-corrected chi connectivity index (χ4v) is 6.29. The number of aliphatic hydroxyl groups is 1. The molecule has 3 aromatic rings. The Morgan fingerprint density at radius 3 is 2.04 bits per heavy atom. The van der Waals surface area contributed by atoms with Crippen molar-refractivity contribution in [3.63, 3.8) is 0 Å². The Hall–Kier alpha value is -3.60. The van der Waals surface area contributed by atoms with Crippen LogP contribution in [0.2, 0.25) is 0 Å². The topological polar surface area (TPSA) is 112 Å². The molecule has 3 N–H and O–H groups in total. The van der Waals surface area contributed by atoms with Crippen molar-refractivity contribution < 1.29 is 29.3 Å². The Morgan fingerprint density at radius 2 is 1.36 bits per heavy atom. The Labute approximate surface area is 278 Å². The van der Waals surface area contributed by atoms with Crippen LogP contribution in [0.25, 0.3) is 0 Å². The predicted molar refractivity (Wildman–Crippen MR) is 180 cm³/mol. The molecule has 2 aliphatic rings. The number of hydrogen-bond acceptors (Lipinski definition) is 7.